The van der Waals surface area contributed by atoms with E-state index in [9.17, 15) is 13.2 Å². The Morgan fingerprint density at radius 1 is 1.35 bits per heavy atom. The summed E-state index contributed by atoms with van der Waals surface area (Å²) in [6.45, 7) is 0.180. The second-order valence-corrected chi connectivity index (χ2v) is 5.56. The molecule has 0 spiro atoms. The van der Waals surface area contributed by atoms with Gasteiger partial charge >= 0.3 is 0 Å². The van der Waals surface area contributed by atoms with Crippen LogP contribution in [0.25, 0.3) is 0 Å². The molecule has 0 aliphatic carbocycles. The molecular weight excluding hydrogens is 278 g/mol. The summed E-state index contributed by atoms with van der Waals surface area (Å²) < 4.78 is 26.7. The van der Waals surface area contributed by atoms with Crippen molar-refractivity contribution in [1.82, 2.24) is 10.0 Å². The minimum Gasteiger partial charge on any atom is -0.359 e. The predicted octanol–water partition coefficient (Wildman–Crippen LogP) is -0.589. The second-order valence-electron chi connectivity index (χ2n) is 3.82. The van der Waals surface area contributed by atoms with Gasteiger partial charge in [-0.1, -0.05) is 24.0 Å². The van der Waals surface area contributed by atoms with Crippen LogP contribution in [0.1, 0.15) is 12.0 Å². The third-order valence-electron chi connectivity index (χ3n) is 2.42. The summed E-state index contributed by atoms with van der Waals surface area (Å²) >= 11 is 0. The number of nitrogens with two attached hydrogens (primary N) is 1. The molecule has 1 aromatic rings. The zero-order valence-corrected chi connectivity index (χ0v) is 12.0. The van der Waals surface area contributed by atoms with Gasteiger partial charge in [0, 0.05) is 25.6 Å². The Balaban J connectivity index is 2.90. The molecule has 0 fully saturated rings. The molecule has 0 bridgehead atoms. The van der Waals surface area contributed by atoms with Gasteiger partial charge in [-0.15, -0.1) is 0 Å². The lowest BCUT2D eigenvalue weighted by Crippen LogP contribution is -2.29. The topological polar surface area (TPSA) is 101 Å². The van der Waals surface area contributed by atoms with Gasteiger partial charge in [-0.25, -0.2) is 13.1 Å². The van der Waals surface area contributed by atoms with E-state index in [0.29, 0.717) is 5.56 Å². The Morgan fingerprint density at radius 3 is 2.70 bits per heavy atom. The maximum Gasteiger partial charge on any atom is 0.241 e. The second kappa shape index (κ2) is 7.65. The number of amides is 1. The van der Waals surface area contributed by atoms with E-state index >= 15 is 0 Å². The van der Waals surface area contributed by atoms with Crippen LogP contribution in [0.2, 0.25) is 0 Å². The highest BCUT2D eigenvalue weighted by Crippen LogP contribution is 2.13. The van der Waals surface area contributed by atoms with Gasteiger partial charge in [-0.3, -0.25) is 4.79 Å². The van der Waals surface area contributed by atoms with Crippen molar-refractivity contribution >= 4 is 15.9 Å². The Labute approximate surface area is 118 Å². The molecule has 0 heterocycles. The molecule has 6 nitrogen and oxygen atoms in total. The van der Waals surface area contributed by atoms with Gasteiger partial charge in [0.2, 0.25) is 15.9 Å². The van der Waals surface area contributed by atoms with Crippen LogP contribution in [-0.2, 0) is 14.8 Å². The summed E-state index contributed by atoms with van der Waals surface area (Å²) in [5, 5.41) is 2.42. The third kappa shape index (κ3) is 4.66. The fourth-order valence-corrected chi connectivity index (χ4v) is 2.64. The highest BCUT2D eigenvalue weighted by Gasteiger charge is 2.17. The lowest BCUT2D eigenvalue weighted by Gasteiger charge is -2.08. The fourth-order valence-electron chi connectivity index (χ4n) is 1.45. The molecule has 0 aliphatic rings. The van der Waals surface area contributed by atoms with E-state index in [4.69, 9.17) is 5.73 Å². The van der Waals surface area contributed by atoms with Crippen molar-refractivity contribution in [3.8, 4) is 11.8 Å². The van der Waals surface area contributed by atoms with Crippen molar-refractivity contribution in [2.75, 3.05) is 20.1 Å². The summed E-state index contributed by atoms with van der Waals surface area (Å²) in [5.74, 6) is 5.11. The van der Waals surface area contributed by atoms with Crippen LogP contribution < -0.4 is 15.8 Å². The maximum absolute atomic E-state index is 12.1. The number of hydrogen-bond donors (Lipinski definition) is 3. The van der Waals surface area contributed by atoms with Gasteiger partial charge < -0.3 is 11.1 Å². The predicted molar refractivity (Wildman–Crippen MR) is 76.2 cm³/mol. The van der Waals surface area contributed by atoms with Crippen LogP contribution >= 0.6 is 0 Å². The van der Waals surface area contributed by atoms with Gasteiger partial charge in [0.25, 0.3) is 0 Å². The van der Waals surface area contributed by atoms with Crippen LogP contribution in [0.3, 0.4) is 0 Å². The first-order valence-corrected chi connectivity index (χ1v) is 7.48. The number of rotatable bonds is 5. The summed E-state index contributed by atoms with van der Waals surface area (Å²) in [6, 6.07) is 6.38. The molecule has 1 amide bonds. The Bertz CT molecular complexity index is 630. The van der Waals surface area contributed by atoms with Gasteiger partial charge in [-0.2, -0.15) is 0 Å². The van der Waals surface area contributed by atoms with E-state index in [0.717, 1.165) is 0 Å². The van der Waals surface area contributed by atoms with Gasteiger partial charge in [-0.05, 0) is 12.1 Å². The Hall–Kier alpha value is -1.88. The monoisotopic (exact) mass is 295 g/mol. The molecule has 0 atom stereocenters. The smallest absolute Gasteiger partial charge is 0.241 e. The van der Waals surface area contributed by atoms with Crippen molar-refractivity contribution in [2.24, 2.45) is 5.73 Å². The maximum atomic E-state index is 12.1. The van der Waals surface area contributed by atoms with Crippen LogP contribution in [-0.4, -0.2) is 34.5 Å². The molecule has 0 radical (unpaired) electrons. The molecule has 1 rings (SSSR count). The SMILES string of the molecule is CNC(=O)CCNS(=O)(=O)c1ccccc1C#CCN. The number of carbonyl (C=O) groups is 1. The first kappa shape index (κ1) is 16.2. The van der Waals surface area contributed by atoms with Gasteiger partial charge in [0.1, 0.15) is 0 Å². The molecule has 1 aromatic carbocycles. The highest BCUT2D eigenvalue weighted by atomic mass is 32.2. The normalized spacial score (nSPS) is 10.5. The Kier molecular flexibility index (Phi) is 6.18. The molecule has 0 saturated carbocycles. The number of carbonyl (C=O) groups excluding carboxylic acids is 1. The lowest BCUT2D eigenvalue weighted by atomic mass is 10.2. The first-order valence-electron chi connectivity index (χ1n) is 5.99. The van der Waals surface area contributed by atoms with E-state index in [1.165, 1.54) is 13.1 Å². The van der Waals surface area contributed by atoms with Crippen LogP contribution in [0.4, 0.5) is 0 Å². The number of sulfonamides is 1. The molecule has 0 aromatic heterocycles. The van der Waals surface area contributed by atoms with Crippen LogP contribution in [0.15, 0.2) is 29.2 Å². The van der Waals surface area contributed by atoms with E-state index in [2.05, 4.69) is 21.9 Å². The summed E-state index contributed by atoms with van der Waals surface area (Å²) in [5.41, 5.74) is 5.66. The molecule has 4 N–H and O–H groups in total. The average Bonchev–Trinajstić information content (AvgIpc) is 2.45. The van der Waals surface area contributed by atoms with Crippen molar-refractivity contribution < 1.29 is 13.2 Å². The quantitative estimate of drug-likeness (QED) is 0.632. The van der Waals surface area contributed by atoms with E-state index in [1.807, 2.05) is 0 Å². The van der Waals surface area contributed by atoms with Crippen molar-refractivity contribution in [3.05, 3.63) is 29.8 Å². The van der Waals surface area contributed by atoms with Crippen molar-refractivity contribution in [3.63, 3.8) is 0 Å². The van der Waals surface area contributed by atoms with E-state index in [-0.39, 0.29) is 30.3 Å². The number of nitrogens with one attached hydrogen (secondary N) is 2. The standard InChI is InChI=1S/C13H17N3O3S/c1-15-13(17)8-10-16-20(18,19)12-7-3-2-5-11(12)6-4-9-14/h2-3,5,7,16H,8-10,14H2,1H3,(H,15,17). The van der Waals surface area contributed by atoms with E-state index in [1.54, 1.807) is 18.2 Å². The highest BCUT2D eigenvalue weighted by molar-refractivity contribution is 7.89. The molecule has 0 aliphatic heterocycles. The summed E-state index contributed by atoms with van der Waals surface area (Å²) in [7, 11) is -2.20. The zero-order valence-electron chi connectivity index (χ0n) is 11.1. The molecule has 20 heavy (non-hydrogen) atoms. The summed E-state index contributed by atoms with van der Waals surface area (Å²) in [4.78, 5) is 11.1. The third-order valence-corrected chi connectivity index (χ3v) is 3.94. The van der Waals surface area contributed by atoms with Crippen molar-refractivity contribution in [2.45, 2.75) is 11.3 Å². The first-order chi connectivity index (χ1) is 9.51. The van der Waals surface area contributed by atoms with Gasteiger partial charge in [0.15, 0.2) is 0 Å². The van der Waals surface area contributed by atoms with E-state index < -0.39 is 10.0 Å². The largest absolute Gasteiger partial charge is 0.359 e. The lowest BCUT2D eigenvalue weighted by molar-refractivity contribution is -0.120. The molecule has 0 saturated heterocycles. The minimum atomic E-state index is -3.70. The average molecular weight is 295 g/mol. The molecule has 7 heteroatoms. The summed E-state index contributed by atoms with van der Waals surface area (Å²) in [6.07, 6.45) is 0.0758. The Morgan fingerprint density at radius 2 is 2.05 bits per heavy atom. The minimum absolute atomic E-state index is 0.0284. The molecule has 0 unspecified atom stereocenters. The number of hydrogen-bond acceptors (Lipinski definition) is 4. The van der Waals surface area contributed by atoms with Crippen LogP contribution in [0.5, 0.6) is 0 Å². The zero-order chi connectivity index (χ0) is 15.0. The fraction of sp³-hybridized carbons (Fsp3) is 0.308. The van der Waals surface area contributed by atoms with Crippen molar-refractivity contribution in [1.29, 1.82) is 0 Å². The molecule has 108 valence electrons. The molecular formula is C13H17N3O3S. The van der Waals surface area contributed by atoms with Crippen LogP contribution in [0, 0.1) is 11.8 Å². The number of benzene rings is 1. The van der Waals surface area contributed by atoms with Gasteiger partial charge in [0.05, 0.1) is 11.4 Å².